The van der Waals surface area contributed by atoms with Crippen LogP contribution in [0.1, 0.15) is 16.7 Å². The summed E-state index contributed by atoms with van der Waals surface area (Å²) in [5.41, 5.74) is 2.80. The second kappa shape index (κ2) is 11.4. The Morgan fingerprint density at radius 1 is 1.06 bits per heavy atom. The number of imide groups is 1. The Balaban J connectivity index is 1.43. The summed E-state index contributed by atoms with van der Waals surface area (Å²) in [7, 11) is 1.55. The molecule has 0 N–H and O–H groups in total. The second-order valence-electron chi connectivity index (χ2n) is 7.67. The van der Waals surface area contributed by atoms with Crippen LogP contribution < -0.4 is 14.2 Å². The van der Waals surface area contributed by atoms with Crippen molar-refractivity contribution in [1.29, 1.82) is 0 Å². The Bertz CT molecular complexity index is 1250. The number of carbonyl (C=O) groups is 2. The lowest BCUT2D eigenvalue weighted by molar-refractivity contribution is -0.123. The molecule has 0 unspecified atom stereocenters. The molecule has 7 nitrogen and oxygen atoms in total. The highest BCUT2D eigenvalue weighted by Crippen LogP contribution is 2.39. The van der Waals surface area contributed by atoms with E-state index in [4.69, 9.17) is 14.2 Å². The number of thioether (sulfide) groups is 1. The highest BCUT2D eigenvalue weighted by Gasteiger charge is 2.35. The van der Waals surface area contributed by atoms with Gasteiger partial charge >= 0.3 is 0 Å². The summed E-state index contributed by atoms with van der Waals surface area (Å²) in [6.45, 7) is 2.73. The van der Waals surface area contributed by atoms with Crippen LogP contribution in [0.2, 0.25) is 0 Å². The van der Waals surface area contributed by atoms with Crippen molar-refractivity contribution in [3.05, 3.63) is 87.0 Å². The minimum absolute atomic E-state index is 0.171. The number of hydrogen-bond donors (Lipinski definition) is 0. The van der Waals surface area contributed by atoms with Crippen LogP contribution in [0.15, 0.2) is 70.3 Å². The summed E-state index contributed by atoms with van der Waals surface area (Å²) in [5, 5.41) is -0.322. The maximum atomic E-state index is 12.9. The van der Waals surface area contributed by atoms with E-state index in [1.54, 1.807) is 31.6 Å². The van der Waals surface area contributed by atoms with Crippen LogP contribution in [0.25, 0.3) is 6.08 Å². The highest BCUT2D eigenvalue weighted by molar-refractivity contribution is 9.10. The minimum Gasteiger partial charge on any atom is -0.493 e. The zero-order chi connectivity index (χ0) is 24.8. The van der Waals surface area contributed by atoms with Gasteiger partial charge in [0.05, 0.1) is 23.0 Å². The fourth-order valence-electron chi connectivity index (χ4n) is 3.33. The summed E-state index contributed by atoms with van der Waals surface area (Å²) in [6.07, 6.45) is 5.08. The first-order valence-electron chi connectivity index (χ1n) is 10.8. The molecule has 9 heteroatoms. The van der Waals surface area contributed by atoms with Crippen LogP contribution in [-0.2, 0) is 11.4 Å². The van der Waals surface area contributed by atoms with Crippen molar-refractivity contribution in [1.82, 2.24) is 9.88 Å². The number of amides is 2. The Kier molecular flexibility index (Phi) is 8.09. The molecule has 2 heterocycles. The van der Waals surface area contributed by atoms with Crippen molar-refractivity contribution < 1.29 is 23.8 Å². The third kappa shape index (κ3) is 6.23. The standard InChI is InChI=1S/C26H23BrN2O5S/c1-17-3-5-20(6-4-17)33-12-11-29-25(30)23(35-26(29)31)15-19-13-21(27)24(22(14-19)32-2)34-16-18-7-9-28-10-8-18/h3-10,13-15H,11-12,16H2,1-2H3/b23-15-. The molecule has 0 spiro atoms. The van der Waals surface area contributed by atoms with Crippen LogP contribution in [-0.4, -0.2) is 41.3 Å². The van der Waals surface area contributed by atoms with Crippen LogP contribution in [0, 0.1) is 6.92 Å². The Morgan fingerprint density at radius 2 is 1.80 bits per heavy atom. The lowest BCUT2D eigenvalue weighted by Crippen LogP contribution is -2.32. The number of aromatic nitrogens is 1. The molecule has 180 valence electrons. The van der Waals surface area contributed by atoms with Crippen molar-refractivity contribution in [3.63, 3.8) is 0 Å². The molecular weight excluding hydrogens is 532 g/mol. The average molecular weight is 555 g/mol. The molecule has 1 aromatic heterocycles. The lowest BCUT2D eigenvalue weighted by Gasteiger charge is -2.14. The molecule has 1 saturated heterocycles. The van der Waals surface area contributed by atoms with E-state index < -0.39 is 0 Å². The number of rotatable bonds is 9. The fraction of sp³-hybridized carbons (Fsp3) is 0.192. The van der Waals surface area contributed by atoms with Gasteiger partial charge in [-0.05, 0) is 88.2 Å². The predicted octanol–water partition coefficient (Wildman–Crippen LogP) is 5.86. The third-order valence-electron chi connectivity index (χ3n) is 5.16. The van der Waals surface area contributed by atoms with Gasteiger partial charge in [-0.15, -0.1) is 0 Å². The summed E-state index contributed by atoms with van der Waals surface area (Å²) < 4.78 is 17.8. The van der Waals surface area contributed by atoms with Crippen molar-refractivity contribution in [2.75, 3.05) is 20.3 Å². The topological polar surface area (TPSA) is 78.0 Å². The van der Waals surface area contributed by atoms with Gasteiger partial charge in [0.2, 0.25) is 0 Å². The van der Waals surface area contributed by atoms with Gasteiger partial charge in [-0.2, -0.15) is 0 Å². The number of ether oxygens (including phenoxy) is 3. The number of hydrogen-bond acceptors (Lipinski definition) is 7. The number of pyridine rings is 1. The predicted molar refractivity (Wildman–Crippen MR) is 139 cm³/mol. The molecule has 0 radical (unpaired) electrons. The largest absolute Gasteiger partial charge is 0.493 e. The monoisotopic (exact) mass is 554 g/mol. The van der Waals surface area contributed by atoms with E-state index in [0.29, 0.717) is 38.8 Å². The number of benzene rings is 2. The van der Waals surface area contributed by atoms with Crippen LogP contribution in [0.4, 0.5) is 4.79 Å². The molecule has 1 fully saturated rings. The first-order valence-corrected chi connectivity index (χ1v) is 12.4. The Morgan fingerprint density at radius 3 is 2.51 bits per heavy atom. The molecule has 4 rings (SSSR count). The number of halogens is 1. The zero-order valence-electron chi connectivity index (χ0n) is 19.2. The maximum absolute atomic E-state index is 12.9. The molecular formula is C26H23BrN2O5S. The van der Waals surface area contributed by atoms with E-state index in [1.807, 2.05) is 49.4 Å². The maximum Gasteiger partial charge on any atom is 0.293 e. The van der Waals surface area contributed by atoms with E-state index >= 15 is 0 Å². The molecule has 1 aliphatic rings. The smallest absolute Gasteiger partial charge is 0.293 e. The van der Waals surface area contributed by atoms with Gasteiger partial charge in [0.15, 0.2) is 11.5 Å². The molecule has 3 aromatic rings. The number of methoxy groups -OCH3 is 1. The highest BCUT2D eigenvalue weighted by atomic mass is 79.9. The summed E-state index contributed by atoms with van der Waals surface area (Å²) in [6, 6.07) is 14.9. The van der Waals surface area contributed by atoms with Crippen molar-refractivity contribution >= 4 is 44.9 Å². The lowest BCUT2D eigenvalue weighted by atomic mass is 10.1. The van der Waals surface area contributed by atoms with Gasteiger partial charge in [-0.3, -0.25) is 19.5 Å². The zero-order valence-corrected chi connectivity index (χ0v) is 21.6. The third-order valence-corrected chi connectivity index (χ3v) is 6.66. The number of nitrogens with zero attached hydrogens (tertiary/aromatic N) is 2. The van der Waals surface area contributed by atoms with Crippen LogP contribution in [0.3, 0.4) is 0 Å². The van der Waals surface area contributed by atoms with Crippen LogP contribution in [0.5, 0.6) is 17.2 Å². The number of carbonyl (C=O) groups excluding carboxylic acids is 2. The molecule has 0 bridgehead atoms. The Hall–Kier alpha value is -3.30. The van der Waals surface area contributed by atoms with Crippen molar-refractivity contribution in [2.24, 2.45) is 0 Å². The molecule has 0 atom stereocenters. The van der Waals surface area contributed by atoms with Gasteiger partial charge in [0, 0.05) is 12.4 Å². The molecule has 2 amide bonds. The van der Waals surface area contributed by atoms with Crippen molar-refractivity contribution in [3.8, 4) is 17.2 Å². The van der Waals surface area contributed by atoms with Gasteiger partial charge in [0.1, 0.15) is 19.0 Å². The van der Waals surface area contributed by atoms with Crippen LogP contribution >= 0.6 is 27.7 Å². The Labute approximate surface area is 216 Å². The van der Waals surface area contributed by atoms with Gasteiger partial charge < -0.3 is 14.2 Å². The SMILES string of the molecule is COc1cc(/C=C2\SC(=O)N(CCOc3ccc(C)cc3)C2=O)cc(Br)c1OCc1ccncc1. The van der Waals surface area contributed by atoms with E-state index in [1.165, 1.54) is 4.90 Å². The van der Waals surface area contributed by atoms with E-state index in [9.17, 15) is 9.59 Å². The molecule has 35 heavy (non-hydrogen) atoms. The number of aryl methyl sites for hydroxylation is 1. The second-order valence-corrected chi connectivity index (χ2v) is 9.52. The molecule has 2 aromatic carbocycles. The summed E-state index contributed by atoms with van der Waals surface area (Å²) in [4.78, 5) is 30.8. The minimum atomic E-state index is -0.347. The summed E-state index contributed by atoms with van der Waals surface area (Å²) in [5.74, 6) is 1.40. The van der Waals surface area contributed by atoms with Gasteiger partial charge in [-0.1, -0.05) is 17.7 Å². The van der Waals surface area contributed by atoms with E-state index in [2.05, 4.69) is 20.9 Å². The first-order chi connectivity index (χ1) is 16.9. The quantitative estimate of drug-likeness (QED) is 0.307. The van der Waals surface area contributed by atoms with E-state index in [-0.39, 0.29) is 24.3 Å². The first kappa shape index (κ1) is 24.8. The summed E-state index contributed by atoms with van der Waals surface area (Å²) >= 11 is 4.43. The fourth-order valence-corrected chi connectivity index (χ4v) is 4.77. The van der Waals surface area contributed by atoms with Crippen molar-refractivity contribution in [2.45, 2.75) is 13.5 Å². The molecule has 0 saturated carbocycles. The average Bonchev–Trinajstić information content (AvgIpc) is 3.12. The van der Waals surface area contributed by atoms with Gasteiger partial charge in [0.25, 0.3) is 11.1 Å². The molecule has 0 aliphatic carbocycles. The molecule has 1 aliphatic heterocycles. The van der Waals surface area contributed by atoms with E-state index in [0.717, 1.165) is 22.9 Å². The van der Waals surface area contributed by atoms with Gasteiger partial charge in [-0.25, -0.2) is 0 Å². The normalized spacial score (nSPS) is 14.5.